The number of nitrogens with zero attached hydrogens (tertiary/aromatic N) is 2. The van der Waals surface area contributed by atoms with Crippen LogP contribution in [-0.4, -0.2) is 41.2 Å². The van der Waals surface area contributed by atoms with Crippen molar-refractivity contribution in [3.8, 4) is 5.75 Å². The van der Waals surface area contributed by atoms with Gasteiger partial charge in [0.1, 0.15) is 11.6 Å². The van der Waals surface area contributed by atoms with E-state index >= 15 is 0 Å². The van der Waals surface area contributed by atoms with E-state index in [2.05, 4.69) is 20.5 Å². The molecule has 1 unspecified atom stereocenters. The summed E-state index contributed by atoms with van der Waals surface area (Å²) >= 11 is 0. The highest BCUT2D eigenvalue weighted by Crippen LogP contribution is 2.21. The Morgan fingerprint density at radius 2 is 1.92 bits per heavy atom. The van der Waals surface area contributed by atoms with Crippen molar-refractivity contribution < 1.29 is 9.90 Å². The van der Waals surface area contributed by atoms with Gasteiger partial charge in [-0.25, -0.2) is 4.98 Å². The first-order chi connectivity index (χ1) is 12.7. The molecule has 1 saturated carbocycles. The van der Waals surface area contributed by atoms with Gasteiger partial charge in [0, 0.05) is 37.9 Å². The molecule has 0 spiro atoms. The van der Waals surface area contributed by atoms with E-state index < -0.39 is 0 Å². The molecule has 1 saturated heterocycles. The zero-order valence-electron chi connectivity index (χ0n) is 14.7. The number of rotatable bonds is 6. The summed E-state index contributed by atoms with van der Waals surface area (Å²) in [6.07, 6.45) is 4.90. The second kappa shape index (κ2) is 7.33. The molecule has 2 heterocycles. The number of aromatic nitrogens is 1. The lowest BCUT2D eigenvalue weighted by Crippen LogP contribution is -2.32. The number of pyridine rings is 1. The molecule has 6 nitrogen and oxygen atoms in total. The Morgan fingerprint density at radius 3 is 2.62 bits per heavy atom. The highest BCUT2D eigenvalue weighted by molar-refractivity contribution is 5.94. The number of nitrogens with one attached hydrogen (secondary N) is 2. The van der Waals surface area contributed by atoms with Crippen LogP contribution in [0.4, 0.5) is 5.82 Å². The van der Waals surface area contributed by atoms with E-state index in [1.165, 1.54) is 0 Å². The summed E-state index contributed by atoms with van der Waals surface area (Å²) in [6.45, 7) is 2.64. The Labute approximate surface area is 153 Å². The van der Waals surface area contributed by atoms with E-state index in [9.17, 15) is 9.90 Å². The average Bonchev–Trinajstić information content (AvgIpc) is 3.35. The van der Waals surface area contributed by atoms with Crippen molar-refractivity contribution in [2.75, 3.05) is 18.0 Å². The quantitative estimate of drug-likeness (QED) is 0.742. The minimum Gasteiger partial charge on any atom is -0.508 e. The Kier molecular flexibility index (Phi) is 4.75. The second-order valence-electron chi connectivity index (χ2n) is 7.13. The van der Waals surface area contributed by atoms with Crippen molar-refractivity contribution >= 4 is 11.7 Å². The van der Waals surface area contributed by atoms with Gasteiger partial charge in [0.2, 0.25) is 0 Å². The molecule has 26 heavy (non-hydrogen) atoms. The zero-order valence-corrected chi connectivity index (χ0v) is 14.7. The van der Waals surface area contributed by atoms with Crippen LogP contribution in [0.2, 0.25) is 0 Å². The number of carbonyl (C=O) groups is 1. The van der Waals surface area contributed by atoms with Gasteiger partial charge in [0.25, 0.3) is 5.91 Å². The maximum Gasteiger partial charge on any atom is 0.253 e. The van der Waals surface area contributed by atoms with Gasteiger partial charge in [-0.1, -0.05) is 12.1 Å². The molecule has 2 aliphatic rings. The summed E-state index contributed by atoms with van der Waals surface area (Å²) < 4.78 is 0. The number of anilines is 1. The summed E-state index contributed by atoms with van der Waals surface area (Å²) in [5.41, 5.74) is 1.78. The Balaban J connectivity index is 1.28. The summed E-state index contributed by atoms with van der Waals surface area (Å²) in [7, 11) is 0. The highest BCUT2D eigenvalue weighted by atomic mass is 16.3. The van der Waals surface area contributed by atoms with Crippen molar-refractivity contribution in [2.45, 2.75) is 37.9 Å². The van der Waals surface area contributed by atoms with Crippen LogP contribution in [0.5, 0.6) is 5.75 Å². The number of aromatic hydroxyl groups is 1. The second-order valence-corrected chi connectivity index (χ2v) is 7.13. The number of hydrogen-bond acceptors (Lipinski definition) is 5. The molecule has 4 rings (SSSR count). The van der Waals surface area contributed by atoms with Gasteiger partial charge in [0.15, 0.2) is 0 Å². The molecule has 2 fully saturated rings. The minimum atomic E-state index is -0.0265. The molecule has 136 valence electrons. The third kappa shape index (κ3) is 4.14. The fourth-order valence-electron chi connectivity index (χ4n) is 3.21. The summed E-state index contributed by atoms with van der Waals surface area (Å²) in [6, 6.07) is 11.8. The van der Waals surface area contributed by atoms with E-state index in [-0.39, 0.29) is 5.91 Å². The van der Waals surface area contributed by atoms with Gasteiger partial charge in [-0.3, -0.25) is 4.79 Å². The van der Waals surface area contributed by atoms with Gasteiger partial charge in [0.05, 0.1) is 5.56 Å². The van der Waals surface area contributed by atoms with Gasteiger partial charge >= 0.3 is 0 Å². The van der Waals surface area contributed by atoms with Gasteiger partial charge < -0.3 is 20.6 Å². The Bertz CT molecular complexity index is 756. The lowest BCUT2D eigenvalue weighted by Gasteiger charge is -2.18. The number of benzene rings is 1. The number of hydrogen-bond donors (Lipinski definition) is 3. The van der Waals surface area contributed by atoms with Crippen LogP contribution in [0.15, 0.2) is 42.6 Å². The molecule has 0 radical (unpaired) electrons. The first-order valence-corrected chi connectivity index (χ1v) is 9.20. The molecule has 3 N–H and O–H groups in total. The Morgan fingerprint density at radius 1 is 1.12 bits per heavy atom. The average molecular weight is 352 g/mol. The minimum absolute atomic E-state index is 0.0265. The SMILES string of the molecule is O=C(NC1CC1)c1ccc(N2CCC(NCc3ccc(O)cc3)C2)nc1. The van der Waals surface area contributed by atoms with Crippen molar-refractivity contribution in [3.63, 3.8) is 0 Å². The van der Waals surface area contributed by atoms with Crippen LogP contribution < -0.4 is 15.5 Å². The Hall–Kier alpha value is -2.60. The van der Waals surface area contributed by atoms with E-state index in [4.69, 9.17) is 0 Å². The molecular weight excluding hydrogens is 328 g/mol. The lowest BCUT2D eigenvalue weighted by atomic mass is 10.2. The number of phenolic OH excluding ortho intramolecular Hbond substituents is 1. The molecule has 1 aromatic carbocycles. The van der Waals surface area contributed by atoms with Gasteiger partial charge in [-0.15, -0.1) is 0 Å². The van der Waals surface area contributed by atoms with Crippen LogP contribution in [0.3, 0.4) is 0 Å². The molecule has 1 aliphatic carbocycles. The van der Waals surface area contributed by atoms with E-state index in [1.54, 1.807) is 18.3 Å². The third-order valence-electron chi connectivity index (χ3n) is 4.97. The number of amides is 1. The smallest absolute Gasteiger partial charge is 0.253 e. The van der Waals surface area contributed by atoms with Gasteiger partial charge in [-0.2, -0.15) is 0 Å². The molecule has 2 aromatic rings. The third-order valence-corrected chi connectivity index (χ3v) is 4.97. The summed E-state index contributed by atoms with van der Waals surface area (Å²) in [5, 5.41) is 15.9. The standard InChI is InChI=1S/C20H24N4O2/c25-18-6-1-14(2-7-18)11-21-17-9-10-24(13-17)19-8-3-15(12-22-19)20(26)23-16-4-5-16/h1-3,6-8,12,16-17,21,25H,4-5,9-11,13H2,(H,23,26). The van der Waals surface area contributed by atoms with Crippen molar-refractivity contribution in [1.29, 1.82) is 0 Å². The number of carbonyl (C=O) groups excluding carboxylic acids is 1. The van der Waals surface area contributed by atoms with Crippen molar-refractivity contribution in [2.24, 2.45) is 0 Å². The maximum absolute atomic E-state index is 12.0. The van der Waals surface area contributed by atoms with Crippen LogP contribution in [0.1, 0.15) is 35.2 Å². The normalized spacial score (nSPS) is 19.5. The summed E-state index contributed by atoms with van der Waals surface area (Å²) in [4.78, 5) is 18.8. The number of phenols is 1. The summed E-state index contributed by atoms with van der Waals surface area (Å²) in [5.74, 6) is 1.18. The van der Waals surface area contributed by atoms with Crippen molar-refractivity contribution in [3.05, 3.63) is 53.7 Å². The largest absolute Gasteiger partial charge is 0.508 e. The van der Waals surface area contributed by atoms with Crippen molar-refractivity contribution in [1.82, 2.24) is 15.6 Å². The first kappa shape index (κ1) is 16.8. The fourth-order valence-corrected chi connectivity index (χ4v) is 3.21. The fraction of sp³-hybridized carbons (Fsp3) is 0.400. The molecular formula is C20H24N4O2. The van der Waals surface area contributed by atoms with Crippen LogP contribution >= 0.6 is 0 Å². The van der Waals surface area contributed by atoms with E-state index in [1.807, 2.05) is 24.3 Å². The predicted octanol–water partition coefficient (Wildman–Crippen LogP) is 2.05. The highest BCUT2D eigenvalue weighted by Gasteiger charge is 2.25. The lowest BCUT2D eigenvalue weighted by molar-refractivity contribution is 0.0950. The monoisotopic (exact) mass is 352 g/mol. The van der Waals surface area contributed by atoms with Crippen LogP contribution in [0, 0.1) is 0 Å². The zero-order chi connectivity index (χ0) is 17.9. The van der Waals surface area contributed by atoms with Crippen LogP contribution in [-0.2, 0) is 6.54 Å². The molecule has 1 aromatic heterocycles. The van der Waals surface area contributed by atoms with E-state index in [0.29, 0.717) is 23.4 Å². The predicted molar refractivity (Wildman–Crippen MR) is 100 cm³/mol. The maximum atomic E-state index is 12.0. The molecule has 1 atom stereocenters. The van der Waals surface area contributed by atoms with Gasteiger partial charge in [-0.05, 0) is 49.1 Å². The van der Waals surface area contributed by atoms with E-state index in [0.717, 1.165) is 50.3 Å². The molecule has 0 bridgehead atoms. The molecule has 1 aliphatic heterocycles. The topological polar surface area (TPSA) is 77.5 Å². The molecule has 6 heteroatoms. The van der Waals surface area contributed by atoms with Crippen LogP contribution in [0.25, 0.3) is 0 Å². The molecule has 1 amide bonds. The first-order valence-electron chi connectivity index (χ1n) is 9.20.